The van der Waals surface area contributed by atoms with Crippen LogP contribution in [0.5, 0.6) is 0 Å². The van der Waals surface area contributed by atoms with E-state index in [4.69, 9.17) is 0 Å². The average molecular weight is 347 g/mol. The quantitative estimate of drug-likeness (QED) is 0.833. The summed E-state index contributed by atoms with van der Waals surface area (Å²) in [6.07, 6.45) is -2.88. The van der Waals surface area contributed by atoms with Crippen molar-refractivity contribution in [2.24, 2.45) is 0 Å². The molecule has 0 aliphatic heterocycles. The normalized spacial score (nSPS) is 11.4. The molecule has 0 radical (unpaired) electrons. The molecule has 2 N–H and O–H groups in total. The molecule has 1 amide bonds. The molecule has 0 aliphatic carbocycles. The number of aromatic nitrogens is 1. The number of alkyl halides is 3. The van der Waals surface area contributed by atoms with E-state index < -0.39 is 17.6 Å². The Hall–Kier alpha value is -1.76. The van der Waals surface area contributed by atoms with Crippen LogP contribution in [0.15, 0.2) is 34.9 Å². The van der Waals surface area contributed by atoms with Gasteiger partial charge in [0.05, 0.1) is 5.56 Å². The number of H-pyrrole nitrogens is 1. The Morgan fingerprint density at radius 2 is 2.00 bits per heavy atom. The number of hydrogen-bond acceptors (Lipinski definition) is 1. The van der Waals surface area contributed by atoms with E-state index in [1.807, 2.05) is 0 Å². The molecular formula is C13H10BrF3N2O. The Morgan fingerprint density at radius 1 is 1.30 bits per heavy atom. The summed E-state index contributed by atoms with van der Waals surface area (Å²) in [6, 6.07) is 4.77. The highest BCUT2D eigenvalue weighted by atomic mass is 79.9. The van der Waals surface area contributed by atoms with Gasteiger partial charge in [0.25, 0.3) is 5.91 Å². The molecule has 0 spiro atoms. The van der Waals surface area contributed by atoms with Crippen molar-refractivity contribution in [1.29, 1.82) is 0 Å². The van der Waals surface area contributed by atoms with Gasteiger partial charge in [-0.2, -0.15) is 13.2 Å². The van der Waals surface area contributed by atoms with Crippen LogP contribution in [-0.4, -0.2) is 10.9 Å². The maximum Gasteiger partial charge on any atom is 0.416 e. The van der Waals surface area contributed by atoms with Gasteiger partial charge in [0.1, 0.15) is 5.69 Å². The molecule has 0 atom stereocenters. The maximum atomic E-state index is 12.6. The van der Waals surface area contributed by atoms with Crippen LogP contribution in [0.25, 0.3) is 0 Å². The summed E-state index contributed by atoms with van der Waals surface area (Å²) in [5.41, 5.74) is 0.146. The first-order chi connectivity index (χ1) is 9.27. The summed E-state index contributed by atoms with van der Waals surface area (Å²) >= 11 is 3.18. The number of benzene rings is 1. The van der Waals surface area contributed by atoms with Gasteiger partial charge in [-0.15, -0.1) is 0 Å². The van der Waals surface area contributed by atoms with Gasteiger partial charge in [0, 0.05) is 16.4 Å². The zero-order valence-corrected chi connectivity index (χ0v) is 11.9. The second-order valence-corrected chi connectivity index (χ2v) is 5.13. The van der Waals surface area contributed by atoms with E-state index >= 15 is 0 Å². The second kappa shape index (κ2) is 5.32. The van der Waals surface area contributed by atoms with Crippen molar-refractivity contribution in [3.8, 4) is 0 Å². The number of hydrogen-bond donors (Lipinski definition) is 2. The minimum absolute atomic E-state index is 0.135. The number of aryl methyl sites for hydroxylation is 1. The zero-order chi connectivity index (χ0) is 14.9. The highest BCUT2D eigenvalue weighted by Crippen LogP contribution is 2.32. The number of anilines is 1. The number of rotatable bonds is 2. The average Bonchev–Trinajstić information content (AvgIpc) is 2.77. The van der Waals surface area contributed by atoms with Crippen LogP contribution in [0.2, 0.25) is 0 Å². The van der Waals surface area contributed by atoms with Crippen LogP contribution < -0.4 is 5.32 Å². The van der Waals surface area contributed by atoms with Crippen molar-refractivity contribution < 1.29 is 18.0 Å². The van der Waals surface area contributed by atoms with E-state index in [0.717, 1.165) is 12.1 Å². The van der Waals surface area contributed by atoms with Gasteiger partial charge >= 0.3 is 6.18 Å². The molecule has 0 aliphatic rings. The molecule has 0 fully saturated rings. The Bertz CT molecular complexity index is 649. The van der Waals surface area contributed by atoms with Gasteiger partial charge in [0.15, 0.2) is 0 Å². The number of amides is 1. The fourth-order valence-electron chi connectivity index (χ4n) is 1.62. The van der Waals surface area contributed by atoms with E-state index in [1.54, 1.807) is 13.1 Å². The fraction of sp³-hybridized carbons (Fsp3) is 0.154. The lowest BCUT2D eigenvalue weighted by Crippen LogP contribution is -2.14. The SMILES string of the molecule is Cc1ccc(C(F)(F)F)cc1NC(=O)c1cc(Br)c[nH]1. The molecule has 106 valence electrons. The lowest BCUT2D eigenvalue weighted by Gasteiger charge is -2.12. The standard InChI is InChI=1S/C13H10BrF3N2O/c1-7-2-3-8(13(15,16)17)4-10(7)19-12(20)11-5-9(14)6-18-11/h2-6,18H,1H3,(H,19,20). The molecule has 0 bridgehead atoms. The monoisotopic (exact) mass is 346 g/mol. The summed E-state index contributed by atoms with van der Waals surface area (Å²) in [6.45, 7) is 1.63. The Morgan fingerprint density at radius 3 is 2.55 bits per heavy atom. The van der Waals surface area contributed by atoms with Crippen molar-refractivity contribution in [1.82, 2.24) is 4.98 Å². The Kier molecular flexibility index (Phi) is 3.89. The van der Waals surface area contributed by atoms with Crippen LogP contribution in [-0.2, 0) is 6.18 Å². The minimum Gasteiger partial charge on any atom is -0.356 e. The highest BCUT2D eigenvalue weighted by Gasteiger charge is 2.31. The number of halogens is 4. The molecule has 2 aromatic rings. The summed E-state index contributed by atoms with van der Waals surface area (Å²) < 4.78 is 38.6. The molecule has 1 aromatic carbocycles. The van der Waals surface area contributed by atoms with Gasteiger partial charge in [-0.25, -0.2) is 0 Å². The van der Waals surface area contributed by atoms with E-state index in [9.17, 15) is 18.0 Å². The van der Waals surface area contributed by atoms with Gasteiger partial charge in [-0.1, -0.05) is 6.07 Å². The third-order valence-corrected chi connectivity index (χ3v) is 3.16. The Labute approximate surface area is 121 Å². The molecule has 0 saturated carbocycles. The van der Waals surface area contributed by atoms with Crippen LogP contribution in [0, 0.1) is 6.92 Å². The third-order valence-electron chi connectivity index (χ3n) is 2.71. The minimum atomic E-state index is -4.44. The topological polar surface area (TPSA) is 44.9 Å². The van der Waals surface area contributed by atoms with Crippen molar-refractivity contribution in [3.05, 3.63) is 51.8 Å². The molecule has 3 nitrogen and oxygen atoms in total. The van der Waals surface area contributed by atoms with Crippen LogP contribution >= 0.6 is 15.9 Å². The highest BCUT2D eigenvalue weighted by molar-refractivity contribution is 9.10. The van der Waals surface area contributed by atoms with Crippen molar-refractivity contribution in [2.45, 2.75) is 13.1 Å². The van der Waals surface area contributed by atoms with Gasteiger partial charge in [-0.05, 0) is 46.6 Å². The second-order valence-electron chi connectivity index (χ2n) is 4.21. The third kappa shape index (κ3) is 3.22. The number of carbonyl (C=O) groups is 1. The van der Waals surface area contributed by atoms with Gasteiger partial charge in [0.2, 0.25) is 0 Å². The van der Waals surface area contributed by atoms with Crippen molar-refractivity contribution in [2.75, 3.05) is 5.32 Å². The fourth-order valence-corrected chi connectivity index (χ4v) is 1.97. The molecule has 7 heteroatoms. The molecular weight excluding hydrogens is 337 g/mol. The zero-order valence-electron chi connectivity index (χ0n) is 10.3. The van der Waals surface area contributed by atoms with Crippen molar-refractivity contribution >= 4 is 27.5 Å². The molecule has 0 unspecified atom stereocenters. The van der Waals surface area contributed by atoms with Gasteiger partial charge in [-0.3, -0.25) is 4.79 Å². The first kappa shape index (κ1) is 14.6. The van der Waals surface area contributed by atoms with Crippen LogP contribution in [0.1, 0.15) is 21.6 Å². The largest absolute Gasteiger partial charge is 0.416 e. The number of aromatic amines is 1. The molecule has 0 saturated heterocycles. The van der Waals surface area contributed by atoms with Crippen LogP contribution in [0.4, 0.5) is 18.9 Å². The predicted molar refractivity (Wildman–Crippen MR) is 72.6 cm³/mol. The van der Waals surface area contributed by atoms with E-state index in [2.05, 4.69) is 26.2 Å². The van der Waals surface area contributed by atoms with Crippen molar-refractivity contribution in [3.63, 3.8) is 0 Å². The summed E-state index contributed by atoms with van der Waals surface area (Å²) in [5, 5.41) is 2.46. The molecule has 1 aromatic heterocycles. The smallest absolute Gasteiger partial charge is 0.356 e. The lowest BCUT2D eigenvalue weighted by molar-refractivity contribution is -0.137. The molecule has 2 rings (SSSR count). The van der Waals surface area contributed by atoms with E-state index in [1.165, 1.54) is 12.1 Å². The predicted octanol–water partition coefficient (Wildman–Crippen LogP) is 4.36. The van der Waals surface area contributed by atoms with E-state index in [0.29, 0.717) is 10.0 Å². The summed E-state index contributed by atoms with van der Waals surface area (Å²) in [5.74, 6) is -0.502. The van der Waals surface area contributed by atoms with E-state index in [-0.39, 0.29) is 11.4 Å². The van der Waals surface area contributed by atoms with Gasteiger partial charge < -0.3 is 10.3 Å². The summed E-state index contributed by atoms with van der Waals surface area (Å²) in [4.78, 5) is 14.6. The number of nitrogens with one attached hydrogen (secondary N) is 2. The maximum absolute atomic E-state index is 12.6. The van der Waals surface area contributed by atoms with Crippen LogP contribution in [0.3, 0.4) is 0 Å². The summed E-state index contributed by atoms with van der Waals surface area (Å²) in [7, 11) is 0. The first-order valence-corrected chi connectivity index (χ1v) is 6.40. The Balaban J connectivity index is 2.27. The molecule has 1 heterocycles. The molecule has 20 heavy (non-hydrogen) atoms. The first-order valence-electron chi connectivity index (χ1n) is 5.60. The lowest BCUT2D eigenvalue weighted by atomic mass is 10.1. The number of carbonyl (C=O) groups excluding carboxylic acids is 1.